The summed E-state index contributed by atoms with van der Waals surface area (Å²) < 4.78 is 3.86. The van der Waals surface area contributed by atoms with Gasteiger partial charge in [-0.2, -0.15) is 0 Å². The molecule has 7 heteroatoms. The van der Waals surface area contributed by atoms with Crippen molar-refractivity contribution in [3.63, 3.8) is 0 Å². The van der Waals surface area contributed by atoms with Crippen molar-refractivity contribution in [1.29, 1.82) is 0 Å². The van der Waals surface area contributed by atoms with Crippen LogP contribution in [0.2, 0.25) is 0 Å². The summed E-state index contributed by atoms with van der Waals surface area (Å²) in [4.78, 5) is 15.5. The molecule has 1 fully saturated rings. The maximum absolute atomic E-state index is 13.0. The lowest BCUT2D eigenvalue weighted by Gasteiger charge is -2.32. The first kappa shape index (κ1) is 19.5. The molecule has 4 rings (SSSR count). The van der Waals surface area contributed by atoms with E-state index in [0.29, 0.717) is 18.4 Å². The molecule has 1 unspecified atom stereocenters. The second-order valence-corrected chi connectivity index (χ2v) is 8.77. The Balaban J connectivity index is 1.66. The molecular formula is C21H29N5OS. The Morgan fingerprint density at radius 2 is 2.07 bits per heavy atom. The Kier molecular flexibility index (Phi) is 6.01. The average molecular weight is 400 g/mol. The van der Waals surface area contributed by atoms with E-state index in [-0.39, 0.29) is 5.56 Å². The fourth-order valence-electron chi connectivity index (χ4n) is 4.14. The lowest BCUT2D eigenvalue weighted by molar-refractivity contribution is 0.182. The molecular weight excluding hydrogens is 370 g/mol. The number of hydrogen-bond donors (Lipinski definition) is 0. The van der Waals surface area contributed by atoms with E-state index in [1.165, 1.54) is 25.8 Å². The van der Waals surface area contributed by atoms with Crippen LogP contribution in [-0.4, -0.2) is 49.5 Å². The zero-order valence-corrected chi connectivity index (χ0v) is 17.6. The van der Waals surface area contributed by atoms with E-state index in [1.54, 1.807) is 16.3 Å². The van der Waals surface area contributed by atoms with Crippen molar-refractivity contribution in [2.75, 3.05) is 19.3 Å². The number of unbranched alkanes of at least 4 members (excludes halogenated alkanes) is 1. The maximum Gasteiger partial charge on any atom is 0.262 e. The fraction of sp³-hybridized carbons (Fsp3) is 0.571. The lowest BCUT2D eigenvalue weighted by atomic mass is 10.0. The normalized spacial score (nSPS) is 18.3. The first-order chi connectivity index (χ1) is 13.7. The summed E-state index contributed by atoms with van der Waals surface area (Å²) in [6, 6.07) is 8.47. The first-order valence-electron chi connectivity index (χ1n) is 10.4. The van der Waals surface area contributed by atoms with Crippen LogP contribution in [0.1, 0.15) is 45.4 Å². The van der Waals surface area contributed by atoms with Crippen molar-refractivity contribution in [1.82, 2.24) is 24.1 Å². The zero-order valence-electron chi connectivity index (χ0n) is 16.8. The number of benzene rings is 1. The van der Waals surface area contributed by atoms with Crippen LogP contribution >= 0.6 is 11.8 Å². The van der Waals surface area contributed by atoms with E-state index in [9.17, 15) is 4.79 Å². The summed E-state index contributed by atoms with van der Waals surface area (Å²) in [5.74, 6) is 1.67. The molecule has 0 N–H and O–H groups in total. The minimum absolute atomic E-state index is 0.0318. The molecule has 0 bridgehead atoms. The van der Waals surface area contributed by atoms with Crippen LogP contribution in [0.5, 0.6) is 0 Å². The summed E-state index contributed by atoms with van der Waals surface area (Å²) in [5.41, 5.74) is 0.932. The number of nitrogens with zero attached hydrogens (tertiary/aromatic N) is 5. The summed E-state index contributed by atoms with van der Waals surface area (Å²) in [6.07, 6.45) is 7.09. The van der Waals surface area contributed by atoms with Gasteiger partial charge in [0.1, 0.15) is 0 Å². The predicted molar refractivity (Wildman–Crippen MR) is 115 cm³/mol. The van der Waals surface area contributed by atoms with Crippen molar-refractivity contribution in [2.45, 2.75) is 63.2 Å². The van der Waals surface area contributed by atoms with Gasteiger partial charge in [0.25, 0.3) is 5.56 Å². The number of para-hydroxylation sites is 1. The smallest absolute Gasteiger partial charge is 0.262 e. The molecule has 1 atom stereocenters. The second-order valence-electron chi connectivity index (χ2n) is 7.71. The molecule has 1 aliphatic rings. The summed E-state index contributed by atoms with van der Waals surface area (Å²) in [6.45, 7) is 4.02. The van der Waals surface area contributed by atoms with Gasteiger partial charge < -0.3 is 4.90 Å². The highest BCUT2D eigenvalue weighted by atomic mass is 32.2. The monoisotopic (exact) mass is 399 g/mol. The number of aromatic nitrogens is 4. The predicted octanol–water partition coefficient (Wildman–Crippen LogP) is 3.81. The van der Waals surface area contributed by atoms with Crippen LogP contribution in [-0.2, 0) is 6.54 Å². The highest BCUT2D eigenvalue weighted by molar-refractivity contribution is 7.99. The van der Waals surface area contributed by atoms with E-state index >= 15 is 0 Å². The van der Waals surface area contributed by atoms with E-state index in [1.807, 2.05) is 24.3 Å². The Morgan fingerprint density at radius 3 is 2.89 bits per heavy atom. The Labute approximate surface area is 169 Å². The largest absolute Gasteiger partial charge is 0.303 e. The molecule has 0 radical (unpaired) electrons. The van der Waals surface area contributed by atoms with Crippen molar-refractivity contribution >= 4 is 28.4 Å². The number of likely N-dealkylation sites (tertiary alicyclic amines) is 1. The molecule has 1 aliphatic heterocycles. The molecule has 150 valence electrons. The fourth-order valence-corrected chi connectivity index (χ4v) is 5.12. The SMILES string of the molecule is CCCCn1c(=O)c2ccccc2n2c(SCCC3CCCCN3C)nnc12. The molecule has 28 heavy (non-hydrogen) atoms. The topological polar surface area (TPSA) is 55.4 Å². The number of thioether (sulfide) groups is 1. The van der Waals surface area contributed by atoms with Gasteiger partial charge in [0.05, 0.1) is 10.9 Å². The number of hydrogen-bond acceptors (Lipinski definition) is 5. The maximum atomic E-state index is 13.0. The summed E-state index contributed by atoms with van der Waals surface area (Å²) in [5, 5.41) is 10.5. The molecule has 1 saturated heterocycles. The highest BCUT2D eigenvalue weighted by Crippen LogP contribution is 2.25. The molecule has 0 spiro atoms. The molecule has 0 aliphatic carbocycles. The number of piperidine rings is 1. The minimum Gasteiger partial charge on any atom is -0.303 e. The van der Waals surface area contributed by atoms with Crippen molar-refractivity contribution in [3.05, 3.63) is 34.6 Å². The van der Waals surface area contributed by atoms with Crippen LogP contribution in [0.4, 0.5) is 0 Å². The number of fused-ring (bicyclic) bond motifs is 3. The van der Waals surface area contributed by atoms with Gasteiger partial charge in [0, 0.05) is 18.3 Å². The van der Waals surface area contributed by atoms with Gasteiger partial charge in [-0.1, -0.05) is 43.7 Å². The molecule has 6 nitrogen and oxygen atoms in total. The van der Waals surface area contributed by atoms with Crippen LogP contribution in [0.25, 0.3) is 16.7 Å². The van der Waals surface area contributed by atoms with Gasteiger partial charge in [-0.15, -0.1) is 10.2 Å². The van der Waals surface area contributed by atoms with Gasteiger partial charge in [-0.25, -0.2) is 0 Å². The van der Waals surface area contributed by atoms with E-state index in [0.717, 1.165) is 41.1 Å². The molecule has 0 saturated carbocycles. The standard InChI is InChI=1S/C21H29N5OS/c1-3-4-14-25-19(27)17-10-5-6-11-18(17)26-20(25)22-23-21(26)28-15-12-16-9-7-8-13-24(16)2/h5-6,10-11,16H,3-4,7-9,12-15H2,1-2H3. The lowest BCUT2D eigenvalue weighted by Crippen LogP contribution is -2.36. The third kappa shape index (κ3) is 3.70. The summed E-state index contributed by atoms with van der Waals surface area (Å²) >= 11 is 1.75. The summed E-state index contributed by atoms with van der Waals surface area (Å²) in [7, 11) is 2.24. The molecule has 0 amide bonds. The van der Waals surface area contributed by atoms with Gasteiger partial charge >= 0.3 is 0 Å². The third-order valence-corrected chi connectivity index (χ3v) is 6.78. The Bertz CT molecular complexity index is 1010. The van der Waals surface area contributed by atoms with Gasteiger partial charge in [-0.3, -0.25) is 13.8 Å². The Hall–Kier alpha value is -1.86. The zero-order chi connectivity index (χ0) is 19.5. The molecule has 1 aromatic carbocycles. The Morgan fingerprint density at radius 1 is 1.21 bits per heavy atom. The average Bonchev–Trinajstić information content (AvgIpc) is 3.13. The molecule has 3 heterocycles. The van der Waals surface area contributed by atoms with Gasteiger partial charge in [0.2, 0.25) is 5.78 Å². The van der Waals surface area contributed by atoms with Crippen LogP contribution in [0.3, 0.4) is 0 Å². The molecule has 2 aromatic heterocycles. The quantitative estimate of drug-likeness (QED) is 0.566. The second kappa shape index (κ2) is 8.66. The van der Waals surface area contributed by atoms with Gasteiger partial charge in [-0.05, 0) is 51.4 Å². The van der Waals surface area contributed by atoms with E-state index in [2.05, 4.69) is 33.5 Å². The van der Waals surface area contributed by atoms with Crippen molar-refractivity contribution in [2.24, 2.45) is 0 Å². The first-order valence-corrected chi connectivity index (χ1v) is 11.4. The van der Waals surface area contributed by atoms with Gasteiger partial charge in [0.15, 0.2) is 5.16 Å². The van der Waals surface area contributed by atoms with Crippen molar-refractivity contribution < 1.29 is 0 Å². The third-order valence-electron chi connectivity index (χ3n) is 5.82. The number of rotatable bonds is 7. The van der Waals surface area contributed by atoms with Crippen LogP contribution in [0.15, 0.2) is 34.2 Å². The van der Waals surface area contributed by atoms with E-state index < -0.39 is 0 Å². The molecule has 3 aromatic rings. The van der Waals surface area contributed by atoms with Crippen LogP contribution < -0.4 is 5.56 Å². The highest BCUT2D eigenvalue weighted by Gasteiger charge is 2.20. The number of aryl methyl sites for hydroxylation is 1. The van der Waals surface area contributed by atoms with Crippen molar-refractivity contribution in [3.8, 4) is 0 Å². The van der Waals surface area contributed by atoms with Crippen LogP contribution in [0, 0.1) is 0 Å². The van der Waals surface area contributed by atoms with E-state index in [4.69, 9.17) is 0 Å². The minimum atomic E-state index is 0.0318.